The molecular weight excluding hydrogens is 348 g/mol. The van der Waals surface area contributed by atoms with Gasteiger partial charge in [0.05, 0.1) is 13.7 Å². The second-order valence-corrected chi connectivity index (χ2v) is 5.44. The van der Waals surface area contributed by atoms with E-state index in [2.05, 4.69) is 15.9 Å². The topological polar surface area (TPSA) is 44.8 Å². The molecule has 0 saturated heterocycles. The molecule has 2 rings (SSSR count). The Kier molecular flexibility index (Phi) is 5.83. The van der Waals surface area contributed by atoms with Crippen LogP contribution in [0, 0.1) is 0 Å². The van der Waals surface area contributed by atoms with Gasteiger partial charge in [-0.25, -0.2) is 4.79 Å². The molecule has 0 aliphatic carbocycles. The molecular formula is C17H17BrO4. The molecule has 0 aromatic heterocycles. The number of carbonyl (C=O) groups excluding carboxylic acids is 1. The van der Waals surface area contributed by atoms with E-state index in [0.717, 1.165) is 10.9 Å². The van der Waals surface area contributed by atoms with Gasteiger partial charge in [-0.05, 0) is 36.8 Å². The Hall–Kier alpha value is -2.01. The van der Waals surface area contributed by atoms with Crippen LogP contribution in [0.25, 0.3) is 0 Å². The van der Waals surface area contributed by atoms with E-state index in [0.29, 0.717) is 29.4 Å². The normalized spacial score (nSPS) is 10.1. The first-order valence-electron chi connectivity index (χ1n) is 6.93. The highest BCUT2D eigenvalue weighted by Crippen LogP contribution is 2.29. The highest BCUT2D eigenvalue weighted by atomic mass is 79.9. The average molecular weight is 365 g/mol. The van der Waals surface area contributed by atoms with Gasteiger partial charge in [-0.1, -0.05) is 35.0 Å². The summed E-state index contributed by atoms with van der Waals surface area (Å²) in [6, 6.07) is 12.3. The zero-order chi connectivity index (χ0) is 15.9. The average Bonchev–Trinajstić information content (AvgIpc) is 2.54. The van der Waals surface area contributed by atoms with Crippen LogP contribution in [0.2, 0.25) is 0 Å². The molecule has 0 spiro atoms. The Bertz CT molecular complexity index is 655. The molecule has 0 radical (unpaired) electrons. The van der Waals surface area contributed by atoms with Crippen molar-refractivity contribution in [3.05, 3.63) is 52.5 Å². The first-order valence-corrected chi connectivity index (χ1v) is 7.72. The number of para-hydroxylation sites is 2. The van der Waals surface area contributed by atoms with Gasteiger partial charge in [0.2, 0.25) is 0 Å². The standard InChI is InChI=1S/C17H17BrO4/c1-3-10-21-14-9-8-12(18)11-13(14)17(19)22-16-7-5-4-6-15(16)20-2/h4-9,11H,3,10H2,1-2H3. The minimum Gasteiger partial charge on any atom is -0.493 e. The molecule has 2 aromatic rings. The Morgan fingerprint density at radius 2 is 1.82 bits per heavy atom. The van der Waals surface area contributed by atoms with Gasteiger partial charge in [0.1, 0.15) is 11.3 Å². The van der Waals surface area contributed by atoms with E-state index < -0.39 is 5.97 Å². The summed E-state index contributed by atoms with van der Waals surface area (Å²) in [5.41, 5.74) is 0.369. The van der Waals surface area contributed by atoms with E-state index in [1.807, 2.05) is 19.1 Å². The van der Waals surface area contributed by atoms with Crippen molar-refractivity contribution >= 4 is 21.9 Å². The van der Waals surface area contributed by atoms with Crippen LogP contribution in [0.15, 0.2) is 46.9 Å². The molecule has 0 amide bonds. The van der Waals surface area contributed by atoms with E-state index in [1.165, 1.54) is 7.11 Å². The summed E-state index contributed by atoms with van der Waals surface area (Å²) in [7, 11) is 1.53. The van der Waals surface area contributed by atoms with Gasteiger partial charge < -0.3 is 14.2 Å². The summed E-state index contributed by atoms with van der Waals surface area (Å²) in [5.74, 6) is 0.889. The van der Waals surface area contributed by atoms with Crippen LogP contribution in [0.5, 0.6) is 17.2 Å². The summed E-state index contributed by atoms with van der Waals surface area (Å²) in [5, 5.41) is 0. The third-order valence-electron chi connectivity index (χ3n) is 2.89. The number of hydrogen-bond donors (Lipinski definition) is 0. The Balaban J connectivity index is 2.26. The first kappa shape index (κ1) is 16.4. The Labute approximate surface area is 138 Å². The number of carbonyl (C=O) groups is 1. The molecule has 0 bridgehead atoms. The largest absolute Gasteiger partial charge is 0.493 e. The van der Waals surface area contributed by atoms with Crippen LogP contribution in [-0.2, 0) is 0 Å². The zero-order valence-electron chi connectivity index (χ0n) is 12.5. The summed E-state index contributed by atoms with van der Waals surface area (Å²) < 4.78 is 17.0. The van der Waals surface area contributed by atoms with Gasteiger partial charge in [-0.3, -0.25) is 0 Å². The van der Waals surface area contributed by atoms with Crippen molar-refractivity contribution in [1.29, 1.82) is 0 Å². The number of ether oxygens (including phenoxy) is 3. The van der Waals surface area contributed by atoms with E-state index in [1.54, 1.807) is 30.3 Å². The van der Waals surface area contributed by atoms with E-state index >= 15 is 0 Å². The molecule has 2 aromatic carbocycles. The highest BCUT2D eigenvalue weighted by molar-refractivity contribution is 9.10. The SMILES string of the molecule is CCCOc1ccc(Br)cc1C(=O)Oc1ccccc1OC. The van der Waals surface area contributed by atoms with E-state index in [9.17, 15) is 4.79 Å². The van der Waals surface area contributed by atoms with Crippen molar-refractivity contribution < 1.29 is 19.0 Å². The third kappa shape index (κ3) is 4.01. The molecule has 0 aliphatic heterocycles. The number of halogens is 1. The van der Waals surface area contributed by atoms with Gasteiger partial charge in [0.25, 0.3) is 0 Å². The summed E-state index contributed by atoms with van der Waals surface area (Å²) in [6.45, 7) is 2.54. The zero-order valence-corrected chi connectivity index (χ0v) is 14.1. The van der Waals surface area contributed by atoms with Gasteiger partial charge >= 0.3 is 5.97 Å². The molecule has 4 nitrogen and oxygen atoms in total. The number of benzene rings is 2. The second-order valence-electron chi connectivity index (χ2n) is 4.53. The number of esters is 1. The van der Waals surface area contributed by atoms with Crippen molar-refractivity contribution in [3.63, 3.8) is 0 Å². The molecule has 0 saturated carbocycles. The molecule has 0 N–H and O–H groups in total. The first-order chi connectivity index (χ1) is 10.7. The smallest absolute Gasteiger partial charge is 0.347 e. The van der Waals surface area contributed by atoms with Gasteiger partial charge in [-0.2, -0.15) is 0 Å². The fraction of sp³-hybridized carbons (Fsp3) is 0.235. The van der Waals surface area contributed by atoms with E-state index in [4.69, 9.17) is 14.2 Å². The highest BCUT2D eigenvalue weighted by Gasteiger charge is 2.17. The molecule has 0 atom stereocenters. The summed E-state index contributed by atoms with van der Waals surface area (Å²) in [6.07, 6.45) is 0.858. The lowest BCUT2D eigenvalue weighted by Gasteiger charge is -2.12. The van der Waals surface area contributed by atoms with Crippen LogP contribution in [0.3, 0.4) is 0 Å². The maximum Gasteiger partial charge on any atom is 0.347 e. The second kappa shape index (κ2) is 7.84. The maximum atomic E-state index is 12.4. The minimum absolute atomic E-state index is 0.369. The Morgan fingerprint density at radius 1 is 1.09 bits per heavy atom. The number of methoxy groups -OCH3 is 1. The fourth-order valence-electron chi connectivity index (χ4n) is 1.86. The predicted molar refractivity (Wildman–Crippen MR) is 87.9 cm³/mol. The van der Waals surface area contributed by atoms with Crippen molar-refractivity contribution in [2.24, 2.45) is 0 Å². The number of rotatable bonds is 6. The monoisotopic (exact) mass is 364 g/mol. The van der Waals surface area contributed by atoms with Crippen molar-refractivity contribution in [1.82, 2.24) is 0 Å². The molecule has 5 heteroatoms. The lowest BCUT2D eigenvalue weighted by Crippen LogP contribution is -2.12. The van der Waals surface area contributed by atoms with Crippen molar-refractivity contribution in [3.8, 4) is 17.2 Å². The maximum absolute atomic E-state index is 12.4. The molecule has 0 fully saturated rings. The van der Waals surface area contributed by atoms with Gasteiger partial charge in [0, 0.05) is 4.47 Å². The third-order valence-corrected chi connectivity index (χ3v) is 3.39. The van der Waals surface area contributed by atoms with Crippen LogP contribution < -0.4 is 14.2 Å². The number of hydrogen-bond acceptors (Lipinski definition) is 4. The summed E-state index contributed by atoms with van der Waals surface area (Å²) in [4.78, 5) is 12.4. The van der Waals surface area contributed by atoms with Crippen molar-refractivity contribution in [2.45, 2.75) is 13.3 Å². The molecule has 0 unspecified atom stereocenters. The molecule has 22 heavy (non-hydrogen) atoms. The van der Waals surface area contributed by atoms with Gasteiger partial charge in [-0.15, -0.1) is 0 Å². The van der Waals surface area contributed by atoms with E-state index in [-0.39, 0.29) is 0 Å². The molecule has 116 valence electrons. The van der Waals surface area contributed by atoms with Crippen LogP contribution in [0.4, 0.5) is 0 Å². The summed E-state index contributed by atoms with van der Waals surface area (Å²) >= 11 is 3.36. The minimum atomic E-state index is -0.489. The van der Waals surface area contributed by atoms with Crippen LogP contribution >= 0.6 is 15.9 Å². The van der Waals surface area contributed by atoms with Crippen LogP contribution in [0.1, 0.15) is 23.7 Å². The lowest BCUT2D eigenvalue weighted by atomic mass is 10.2. The quantitative estimate of drug-likeness (QED) is 0.560. The van der Waals surface area contributed by atoms with Crippen molar-refractivity contribution in [2.75, 3.05) is 13.7 Å². The Morgan fingerprint density at radius 3 is 2.50 bits per heavy atom. The lowest BCUT2D eigenvalue weighted by molar-refractivity contribution is 0.0725. The fourth-order valence-corrected chi connectivity index (χ4v) is 2.22. The predicted octanol–water partition coefficient (Wildman–Crippen LogP) is 4.47. The molecule has 0 aliphatic rings. The van der Waals surface area contributed by atoms with Gasteiger partial charge in [0.15, 0.2) is 11.5 Å². The van der Waals surface area contributed by atoms with Crippen LogP contribution in [-0.4, -0.2) is 19.7 Å². The molecule has 0 heterocycles.